The molecule has 0 bridgehead atoms. The van der Waals surface area contributed by atoms with Crippen LogP contribution in [-0.4, -0.2) is 34.1 Å². The third-order valence-electron chi connectivity index (χ3n) is 4.47. The third-order valence-corrected chi connectivity index (χ3v) is 4.47. The Kier molecular flexibility index (Phi) is 5.23. The van der Waals surface area contributed by atoms with Gasteiger partial charge in [0.2, 0.25) is 5.91 Å². The molecule has 28 heavy (non-hydrogen) atoms. The summed E-state index contributed by atoms with van der Waals surface area (Å²) in [6.45, 7) is 1.63. The van der Waals surface area contributed by atoms with E-state index in [4.69, 9.17) is 4.74 Å². The SMILES string of the molecule is CCOC(=O)C(O)(/C=C/c1ccc([N+](=O)[O-])cc1)C1C(=O)Nc2ccccc21. The van der Waals surface area contributed by atoms with Gasteiger partial charge >= 0.3 is 5.97 Å². The monoisotopic (exact) mass is 382 g/mol. The van der Waals surface area contributed by atoms with Gasteiger partial charge in [0.1, 0.15) is 5.92 Å². The number of aliphatic hydroxyl groups is 1. The molecule has 1 aliphatic heterocycles. The minimum atomic E-state index is -2.24. The number of nitro benzene ring substituents is 1. The van der Waals surface area contributed by atoms with Crippen molar-refractivity contribution in [3.05, 3.63) is 75.8 Å². The summed E-state index contributed by atoms with van der Waals surface area (Å²) in [5.41, 5.74) is -0.809. The number of hydrogen-bond donors (Lipinski definition) is 2. The van der Waals surface area contributed by atoms with Gasteiger partial charge in [0.05, 0.1) is 11.5 Å². The van der Waals surface area contributed by atoms with Crippen LogP contribution in [-0.2, 0) is 14.3 Å². The van der Waals surface area contributed by atoms with Crippen LogP contribution in [0.4, 0.5) is 11.4 Å². The number of para-hydroxylation sites is 1. The lowest BCUT2D eigenvalue weighted by Gasteiger charge is -2.27. The zero-order chi connectivity index (χ0) is 20.3. The summed E-state index contributed by atoms with van der Waals surface area (Å²) in [5.74, 6) is -2.66. The van der Waals surface area contributed by atoms with E-state index in [1.807, 2.05) is 0 Å². The molecule has 1 aliphatic rings. The molecule has 2 atom stereocenters. The van der Waals surface area contributed by atoms with Crippen LogP contribution in [0.1, 0.15) is 24.0 Å². The van der Waals surface area contributed by atoms with Gasteiger partial charge in [-0.2, -0.15) is 0 Å². The zero-order valence-electron chi connectivity index (χ0n) is 15.0. The Hall–Kier alpha value is -3.52. The van der Waals surface area contributed by atoms with Crippen molar-refractivity contribution in [2.24, 2.45) is 0 Å². The lowest BCUT2D eigenvalue weighted by atomic mass is 9.82. The molecule has 2 aromatic carbocycles. The molecule has 0 saturated heterocycles. The van der Waals surface area contributed by atoms with Gasteiger partial charge < -0.3 is 15.2 Å². The number of esters is 1. The van der Waals surface area contributed by atoms with Crippen LogP contribution < -0.4 is 5.32 Å². The van der Waals surface area contributed by atoms with Gasteiger partial charge in [-0.15, -0.1) is 0 Å². The van der Waals surface area contributed by atoms with Gasteiger partial charge in [0.25, 0.3) is 5.69 Å². The third kappa shape index (κ3) is 3.49. The molecule has 8 nitrogen and oxygen atoms in total. The predicted molar refractivity (Wildman–Crippen MR) is 102 cm³/mol. The van der Waals surface area contributed by atoms with Gasteiger partial charge in [0.15, 0.2) is 5.60 Å². The van der Waals surface area contributed by atoms with E-state index in [1.165, 1.54) is 36.4 Å². The summed E-state index contributed by atoms with van der Waals surface area (Å²) in [6, 6.07) is 12.3. The maximum Gasteiger partial charge on any atom is 0.343 e. The van der Waals surface area contributed by atoms with Gasteiger partial charge in [-0.25, -0.2) is 4.79 Å². The van der Waals surface area contributed by atoms with Crippen LogP contribution in [0.15, 0.2) is 54.6 Å². The van der Waals surface area contributed by atoms with E-state index in [2.05, 4.69) is 5.32 Å². The van der Waals surface area contributed by atoms with E-state index in [-0.39, 0.29) is 12.3 Å². The lowest BCUT2D eigenvalue weighted by Crippen LogP contribution is -2.46. The molecule has 3 rings (SSSR count). The molecule has 0 radical (unpaired) electrons. The number of anilines is 1. The fraction of sp³-hybridized carbons (Fsp3) is 0.200. The predicted octanol–water partition coefficient (Wildman–Crippen LogP) is 2.64. The molecule has 2 unspecified atom stereocenters. The molecular formula is C20H18N2O6. The van der Waals surface area contributed by atoms with Crippen molar-refractivity contribution >= 4 is 29.3 Å². The average molecular weight is 382 g/mol. The Morgan fingerprint density at radius 3 is 2.61 bits per heavy atom. The van der Waals surface area contributed by atoms with Gasteiger partial charge in [-0.1, -0.05) is 24.3 Å². The summed E-state index contributed by atoms with van der Waals surface area (Å²) < 4.78 is 5.01. The fourth-order valence-corrected chi connectivity index (χ4v) is 3.10. The Morgan fingerprint density at radius 1 is 1.29 bits per heavy atom. The highest BCUT2D eigenvalue weighted by Crippen LogP contribution is 2.41. The highest BCUT2D eigenvalue weighted by Gasteiger charge is 2.51. The molecule has 8 heteroatoms. The van der Waals surface area contributed by atoms with E-state index in [9.17, 15) is 24.8 Å². The summed E-state index contributed by atoms with van der Waals surface area (Å²) in [5, 5.41) is 24.6. The lowest BCUT2D eigenvalue weighted by molar-refractivity contribution is -0.384. The molecule has 1 amide bonds. The summed E-state index contributed by atoms with van der Waals surface area (Å²) in [4.78, 5) is 35.3. The summed E-state index contributed by atoms with van der Waals surface area (Å²) in [6.07, 6.45) is 2.62. The van der Waals surface area contributed by atoms with Gasteiger partial charge in [-0.05, 0) is 42.3 Å². The Bertz CT molecular complexity index is 953. The van der Waals surface area contributed by atoms with Crippen molar-refractivity contribution in [1.82, 2.24) is 0 Å². The molecule has 2 N–H and O–H groups in total. The van der Waals surface area contributed by atoms with Crippen molar-refractivity contribution in [3.8, 4) is 0 Å². The minimum absolute atomic E-state index is 0.0303. The number of nitrogens with zero attached hydrogens (tertiary/aromatic N) is 1. The number of carbonyl (C=O) groups is 2. The topological polar surface area (TPSA) is 119 Å². The van der Waals surface area contributed by atoms with E-state index in [0.717, 1.165) is 0 Å². The molecule has 2 aromatic rings. The van der Waals surface area contributed by atoms with E-state index in [0.29, 0.717) is 16.8 Å². The van der Waals surface area contributed by atoms with Crippen molar-refractivity contribution < 1.29 is 24.4 Å². The van der Waals surface area contributed by atoms with E-state index >= 15 is 0 Å². The normalized spacial score (nSPS) is 17.6. The average Bonchev–Trinajstić information content (AvgIpc) is 3.02. The molecule has 144 valence electrons. The van der Waals surface area contributed by atoms with Crippen LogP contribution in [0.2, 0.25) is 0 Å². The molecule has 0 spiro atoms. The first-order valence-electron chi connectivity index (χ1n) is 8.60. The maximum absolute atomic E-state index is 12.6. The highest BCUT2D eigenvalue weighted by atomic mass is 16.6. The molecule has 1 heterocycles. The molecule has 0 saturated carbocycles. The largest absolute Gasteiger partial charge is 0.464 e. The minimum Gasteiger partial charge on any atom is -0.464 e. The van der Waals surface area contributed by atoms with Crippen LogP contribution in [0.25, 0.3) is 6.08 Å². The van der Waals surface area contributed by atoms with E-state index in [1.54, 1.807) is 31.2 Å². The number of nitrogens with one attached hydrogen (secondary N) is 1. The van der Waals surface area contributed by atoms with Gasteiger partial charge in [0, 0.05) is 17.8 Å². The van der Waals surface area contributed by atoms with Gasteiger partial charge in [-0.3, -0.25) is 14.9 Å². The Morgan fingerprint density at radius 2 is 1.96 bits per heavy atom. The molecule has 0 aromatic heterocycles. The van der Waals surface area contributed by atoms with Crippen molar-refractivity contribution in [1.29, 1.82) is 0 Å². The van der Waals surface area contributed by atoms with Crippen LogP contribution in [0.3, 0.4) is 0 Å². The Labute approximate surface area is 160 Å². The quantitative estimate of drug-likeness (QED) is 0.450. The number of amides is 1. The van der Waals surface area contributed by atoms with Crippen LogP contribution in [0, 0.1) is 10.1 Å². The molecule has 0 aliphatic carbocycles. The smallest absolute Gasteiger partial charge is 0.343 e. The van der Waals surface area contributed by atoms with Crippen LogP contribution in [0.5, 0.6) is 0 Å². The first kappa shape index (κ1) is 19.2. The zero-order valence-corrected chi connectivity index (χ0v) is 15.0. The molecular weight excluding hydrogens is 364 g/mol. The summed E-state index contributed by atoms with van der Waals surface area (Å²) >= 11 is 0. The second-order valence-corrected chi connectivity index (χ2v) is 6.24. The molecule has 0 fully saturated rings. The maximum atomic E-state index is 12.6. The highest BCUT2D eigenvalue weighted by molar-refractivity contribution is 6.07. The number of rotatable bonds is 6. The number of carbonyl (C=O) groups excluding carboxylic acids is 2. The standard InChI is InChI=1S/C20H18N2O6/c1-2-28-19(24)20(25,12-11-13-7-9-14(10-8-13)22(26)27)17-15-5-3-4-6-16(15)21-18(17)23/h3-12,17,25H,2H2,1H3,(H,21,23)/b12-11+. The second-order valence-electron chi connectivity index (χ2n) is 6.24. The number of nitro groups is 1. The number of fused-ring (bicyclic) bond motifs is 1. The first-order valence-corrected chi connectivity index (χ1v) is 8.60. The van der Waals surface area contributed by atoms with Crippen LogP contribution >= 0.6 is 0 Å². The number of non-ortho nitro benzene ring substituents is 1. The summed E-state index contributed by atoms with van der Waals surface area (Å²) in [7, 11) is 0. The van der Waals surface area contributed by atoms with Crippen molar-refractivity contribution in [2.75, 3.05) is 11.9 Å². The van der Waals surface area contributed by atoms with E-state index < -0.39 is 28.3 Å². The number of hydrogen-bond acceptors (Lipinski definition) is 6. The first-order chi connectivity index (χ1) is 13.4. The van der Waals surface area contributed by atoms with Crippen molar-refractivity contribution in [2.45, 2.75) is 18.4 Å². The Balaban J connectivity index is 2.00. The van der Waals surface area contributed by atoms with Crippen molar-refractivity contribution in [3.63, 3.8) is 0 Å². The number of benzene rings is 2. The number of ether oxygens (including phenoxy) is 1. The second kappa shape index (κ2) is 7.61. The fourth-order valence-electron chi connectivity index (χ4n) is 3.10.